The van der Waals surface area contributed by atoms with Gasteiger partial charge in [0.05, 0.1) is 25.9 Å². The Bertz CT molecular complexity index is 533. The molecule has 0 aromatic heterocycles. The topological polar surface area (TPSA) is 79.8 Å². The Labute approximate surface area is 147 Å². The number of ether oxygens (including phenoxy) is 2. The second-order valence-electron chi connectivity index (χ2n) is 5.55. The number of benzene rings is 1. The minimum Gasteiger partial charge on any atom is -0.391 e. The zero-order chi connectivity index (χ0) is 16.7. The Morgan fingerprint density at radius 3 is 2.88 bits per heavy atom. The zero-order valence-electron chi connectivity index (χ0n) is 13.6. The average molecular weight is 363 g/mol. The van der Waals surface area contributed by atoms with E-state index in [1.54, 1.807) is 7.11 Å². The molecule has 0 aliphatic carbocycles. The highest BCUT2D eigenvalue weighted by Gasteiger charge is 2.25. The molecule has 0 radical (unpaired) electrons. The van der Waals surface area contributed by atoms with Gasteiger partial charge in [-0.25, -0.2) is 4.39 Å². The van der Waals surface area contributed by atoms with E-state index in [0.29, 0.717) is 44.0 Å². The Morgan fingerprint density at radius 1 is 1.42 bits per heavy atom. The number of hydrogen-bond donors (Lipinski definition) is 3. The number of amides is 1. The molecule has 1 aliphatic heterocycles. The van der Waals surface area contributed by atoms with Crippen molar-refractivity contribution in [1.82, 2.24) is 10.6 Å². The third kappa shape index (κ3) is 5.99. The molecule has 0 saturated carbocycles. The third-order valence-electron chi connectivity index (χ3n) is 3.83. The predicted octanol–water partition coefficient (Wildman–Crippen LogP) is 0.721. The number of methoxy groups -OCH3 is 1. The molecule has 1 aromatic rings. The van der Waals surface area contributed by atoms with Crippen molar-refractivity contribution in [1.29, 1.82) is 0 Å². The van der Waals surface area contributed by atoms with Crippen molar-refractivity contribution in [2.45, 2.75) is 12.7 Å². The van der Waals surface area contributed by atoms with Crippen LogP contribution in [0.25, 0.3) is 0 Å². The maximum absolute atomic E-state index is 13.7. The first-order valence-electron chi connectivity index (χ1n) is 7.64. The molecule has 1 aromatic carbocycles. The fraction of sp³-hybridized carbons (Fsp3) is 0.562. The first kappa shape index (κ1) is 20.8. The van der Waals surface area contributed by atoms with Crippen LogP contribution in [0.5, 0.6) is 0 Å². The quantitative estimate of drug-likeness (QED) is 0.594. The summed E-state index contributed by atoms with van der Waals surface area (Å²) in [5.74, 6) is -0.701. The van der Waals surface area contributed by atoms with E-state index in [9.17, 15) is 14.3 Å². The van der Waals surface area contributed by atoms with Gasteiger partial charge in [0.2, 0.25) is 0 Å². The van der Waals surface area contributed by atoms with Crippen LogP contribution >= 0.6 is 12.4 Å². The minimum atomic E-state index is -0.451. The molecular weight excluding hydrogens is 339 g/mol. The fourth-order valence-electron chi connectivity index (χ4n) is 2.40. The van der Waals surface area contributed by atoms with E-state index in [4.69, 9.17) is 9.47 Å². The number of rotatable bonds is 8. The highest BCUT2D eigenvalue weighted by molar-refractivity contribution is 5.94. The van der Waals surface area contributed by atoms with Gasteiger partial charge >= 0.3 is 0 Å². The molecule has 2 unspecified atom stereocenters. The summed E-state index contributed by atoms with van der Waals surface area (Å²) in [6.07, 6.45) is -0.451. The molecule has 6 nitrogen and oxygen atoms in total. The lowest BCUT2D eigenvalue weighted by Gasteiger charge is -2.14. The van der Waals surface area contributed by atoms with Gasteiger partial charge in [-0.05, 0) is 18.2 Å². The van der Waals surface area contributed by atoms with Crippen LogP contribution in [0, 0.1) is 11.7 Å². The summed E-state index contributed by atoms with van der Waals surface area (Å²) in [6, 6.07) is 4.18. The van der Waals surface area contributed by atoms with Gasteiger partial charge in [-0.2, -0.15) is 0 Å². The van der Waals surface area contributed by atoms with Crippen LogP contribution in [0.3, 0.4) is 0 Å². The summed E-state index contributed by atoms with van der Waals surface area (Å²) in [5.41, 5.74) is 0.702. The van der Waals surface area contributed by atoms with Crippen molar-refractivity contribution in [3.8, 4) is 0 Å². The van der Waals surface area contributed by atoms with Crippen molar-refractivity contribution < 1.29 is 23.8 Å². The van der Waals surface area contributed by atoms with Crippen molar-refractivity contribution in [2.24, 2.45) is 5.92 Å². The van der Waals surface area contributed by atoms with Crippen molar-refractivity contribution >= 4 is 18.3 Å². The van der Waals surface area contributed by atoms with Crippen LogP contribution in [0.1, 0.15) is 15.9 Å². The van der Waals surface area contributed by atoms with Gasteiger partial charge in [0.15, 0.2) is 0 Å². The van der Waals surface area contributed by atoms with E-state index >= 15 is 0 Å². The molecule has 0 spiro atoms. The lowest BCUT2D eigenvalue weighted by molar-refractivity contribution is 0.0603. The van der Waals surface area contributed by atoms with Crippen LogP contribution in [0.4, 0.5) is 4.39 Å². The molecule has 2 rings (SSSR count). The summed E-state index contributed by atoms with van der Waals surface area (Å²) in [5, 5.41) is 15.5. The van der Waals surface area contributed by atoms with Gasteiger partial charge in [-0.3, -0.25) is 4.79 Å². The number of β-amino-alcohol motifs (C(OH)–C–C–N with tert-alkyl or cyclic N) is 1. The summed E-state index contributed by atoms with van der Waals surface area (Å²) in [6.45, 7) is 2.47. The Kier molecular flexibility index (Phi) is 9.17. The second kappa shape index (κ2) is 10.6. The molecule has 1 amide bonds. The Morgan fingerprint density at radius 2 is 2.21 bits per heavy atom. The summed E-state index contributed by atoms with van der Waals surface area (Å²) < 4.78 is 23.9. The highest BCUT2D eigenvalue weighted by atomic mass is 35.5. The van der Waals surface area contributed by atoms with Gasteiger partial charge in [0.25, 0.3) is 5.91 Å². The monoisotopic (exact) mass is 362 g/mol. The number of nitrogens with one attached hydrogen (secondary N) is 2. The molecule has 2 atom stereocenters. The van der Waals surface area contributed by atoms with Crippen LogP contribution in [0.15, 0.2) is 18.2 Å². The van der Waals surface area contributed by atoms with Crippen molar-refractivity contribution in [3.63, 3.8) is 0 Å². The maximum atomic E-state index is 13.7. The van der Waals surface area contributed by atoms with Gasteiger partial charge in [0, 0.05) is 43.8 Å². The SMILES string of the molecule is COCCOCc1cc(C(=O)NCC2CNCC2O)ccc1F.Cl. The number of carbonyl (C=O) groups is 1. The molecule has 0 bridgehead atoms. The van der Waals surface area contributed by atoms with Crippen LogP contribution in [-0.2, 0) is 16.1 Å². The molecule has 24 heavy (non-hydrogen) atoms. The molecule has 1 heterocycles. The van der Waals surface area contributed by atoms with E-state index in [2.05, 4.69) is 10.6 Å². The average Bonchev–Trinajstić information content (AvgIpc) is 2.96. The molecule has 3 N–H and O–H groups in total. The van der Waals surface area contributed by atoms with E-state index in [1.165, 1.54) is 18.2 Å². The van der Waals surface area contributed by atoms with Crippen LogP contribution in [0.2, 0.25) is 0 Å². The number of aliphatic hydroxyl groups is 1. The van der Waals surface area contributed by atoms with Crippen LogP contribution < -0.4 is 10.6 Å². The number of aliphatic hydroxyl groups excluding tert-OH is 1. The van der Waals surface area contributed by atoms with Gasteiger partial charge in [0.1, 0.15) is 5.82 Å². The Hall–Kier alpha value is -1.25. The smallest absolute Gasteiger partial charge is 0.251 e. The fourth-order valence-corrected chi connectivity index (χ4v) is 2.40. The summed E-state index contributed by atoms with van der Waals surface area (Å²) >= 11 is 0. The highest BCUT2D eigenvalue weighted by Crippen LogP contribution is 2.13. The molecule has 1 aliphatic rings. The molecule has 1 fully saturated rings. The largest absolute Gasteiger partial charge is 0.391 e. The molecular formula is C16H24ClFN2O4. The predicted molar refractivity (Wildman–Crippen MR) is 89.9 cm³/mol. The van der Waals surface area contributed by atoms with Gasteiger partial charge in [-0.15, -0.1) is 12.4 Å². The zero-order valence-corrected chi connectivity index (χ0v) is 14.4. The van der Waals surface area contributed by atoms with Crippen LogP contribution in [-0.4, -0.2) is 57.1 Å². The first-order valence-corrected chi connectivity index (χ1v) is 7.64. The van der Waals surface area contributed by atoms with E-state index < -0.39 is 11.9 Å². The number of carbonyl (C=O) groups excluding carboxylic acids is 1. The van der Waals surface area contributed by atoms with Gasteiger partial charge < -0.3 is 25.2 Å². The number of hydrogen-bond acceptors (Lipinski definition) is 5. The lowest BCUT2D eigenvalue weighted by atomic mass is 10.1. The third-order valence-corrected chi connectivity index (χ3v) is 3.83. The lowest BCUT2D eigenvalue weighted by Crippen LogP contribution is -2.34. The van der Waals surface area contributed by atoms with E-state index in [1.807, 2.05) is 0 Å². The minimum absolute atomic E-state index is 0. The van der Waals surface area contributed by atoms with Crippen molar-refractivity contribution in [3.05, 3.63) is 35.1 Å². The second-order valence-corrected chi connectivity index (χ2v) is 5.55. The molecule has 136 valence electrons. The molecule has 1 saturated heterocycles. The van der Waals surface area contributed by atoms with E-state index in [0.717, 1.165) is 0 Å². The van der Waals surface area contributed by atoms with Gasteiger partial charge in [-0.1, -0.05) is 0 Å². The maximum Gasteiger partial charge on any atom is 0.251 e. The first-order chi connectivity index (χ1) is 11.1. The number of halogens is 2. The summed E-state index contributed by atoms with van der Waals surface area (Å²) in [7, 11) is 1.56. The normalized spacial score (nSPS) is 19.8. The standard InChI is InChI=1S/C16H23FN2O4.ClH/c1-22-4-5-23-10-12-6-11(2-3-14(12)17)16(21)19-8-13-7-18-9-15(13)20;/h2-3,6,13,15,18,20H,4-5,7-10H2,1H3,(H,19,21);1H. The Balaban J connectivity index is 0.00000288. The van der Waals surface area contributed by atoms with E-state index in [-0.39, 0.29) is 30.8 Å². The molecule has 8 heteroatoms. The summed E-state index contributed by atoms with van der Waals surface area (Å²) in [4.78, 5) is 12.2. The van der Waals surface area contributed by atoms with Crippen molar-refractivity contribution in [2.75, 3.05) is 40.0 Å².